The minimum Gasteiger partial charge on any atom is -0.386 e. The second-order valence-electron chi connectivity index (χ2n) is 4.72. The van der Waals surface area contributed by atoms with E-state index < -0.39 is 10.5 Å². The lowest BCUT2D eigenvalue weighted by Crippen LogP contribution is -2.62. The minimum absolute atomic E-state index is 0.0259. The lowest BCUT2D eigenvalue weighted by atomic mass is 9.88. The maximum Gasteiger partial charge on any atom is 0.292 e. The number of nitrogens with zero attached hydrogens (tertiary/aromatic N) is 2. The van der Waals surface area contributed by atoms with Crippen molar-refractivity contribution < 1.29 is 10.0 Å². The molecule has 0 radical (unpaired) electrons. The van der Waals surface area contributed by atoms with Gasteiger partial charge < -0.3 is 10.0 Å². The molecule has 98 valence electrons. The standard InChI is InChI=1S/C12H15ClN2O3/c1-2-5-12(16)7-14(8-12)11-6-9(13)3-4-10(11)15(17)18/h3-4,6,16H,2,5,7-8H2,1H3. The Kier molecular flexibility index (Phi) is 3.45. The van der Waals surface area contributed by atoms with Gasteiger partial charge >= 0.3 is 0 Å². The maximum absolute atomic E-state index is 10.9. The molecule has 18 heavy (non-hydrogen) atoms. The van der Waals surface area contributed by atoms with Crippen LogP contribution in [0.1, 0.15) is 19.8 Å². The molecule has 0 atom stereocenters. The summed E-state index contributed by atoms with van der Waals surface area (Å²) < 4.78 is 0. The zero-order chi connectivity index (χ0) is 13.3. The highest BCUT2D eigenvalue weighted by Crippen LogP contribution is 2.37. The smallest absolute Gasteiger partial charge is 0.292 e. The van der Waals surface area contributed by atoms with Gasteiger partial charge in [0.15, 0.2) is 0 Å². The SMILES string of the molecule is CCCC1(O)CN(c2cc(Cl)ccc2[N+](=O)[O-])C1. The van der Waals surface area contributed by atoms with E-state index in [4.69, 9.17) is 11.6 Å². The fourth-order valence-corrected chi connectivity index (χ4v) is 2.53. The Labute approximate surface area is 110 Å². The zero-order valence-electron chi connectivity index (χ0n) is 10.1. The summed E-state index contributed by atoms with van der Waals surface area (Å²) in [5.41, 5.74) is -0.212. The fraction of sp³-hybridized carbons (Fsp3) is 0.500. The summed E-state index contributed by atoms with van der Waals surface area (Å²) in [5.74, 6) is 0. The van der Waals surface area contributed by atoms with E-state index in [9.17, 15) is 15.2 Å². The Morgan fingerprint density at radius 2 is 2.22 bits per heavy atom. The number of hydrogen-bond acceptors (Lipinski definition) is 4. The van der Waals surface area contributed by atoms with Crippen molar-refractivity contribution in [3.8, 4) is 0 Å². The molecule has 0 aliphatic carbocycles. The molecule has 1 N–H and O–H groups in total. The molecule has 0 saturated carbocycles. The number of aliphatic hydroxyl groups is 1. The third-order valence-electron chi connectivity index (χ3n) is 3.16. The first-order valence-electron chi connectivity index (χ1n) is 5.86. The number of β-amino-alcohol motifs (C(OH)–C–C–N with tert-alkyl or cyclic N) is 1. The van der Waals surface area contributed by atoms with Crippen molar-refractivity contribution in [2.24, 2.45) is 0 Å². The molecule has 0 amide bonds. The summed E-state index contributed by atoms with van der Waals surface area (Å²) in [4.78, 5) is 12.3. The average molecular weight is 271 g/mol. The molecule has 0 aromatic heterocycles. The zero-order valence-corrected chi connectivity index (χ0v) is 10.9. The van der Waals surface area contributed by atoms with Crippen LogP contribution in [0.15, 0.2) is 18.2 Å². The van der Waals surface area contributed by atoms with Crippen molar-refractivity contribution in [3.63, 3.8) is 0 Å². The molecule has 1 aliphatic heterocycles. The number of nitro benzene ring substituents is 1. The number of rotatable bonds is 4. The van der Waals surface area contributed by atoms with Crippen LogP contribution in [0.4, 0.5) is 11.4 Å². The molecular weight excluding hydrogens is 256 g/mol. The Balaban J connectivity index is 2.20. The van der Waals surface area contributed by atoms with E-state index in [2.05, 4.69) is 0 Å². The Morgan fingerprint density at radius 1 is 1.56 bits per heavy atom. The first-order chi connectivity index (χ1) is 8.45. The van der Waals surface area contributed by atoms with Crippen LogP contribution in [0.2, 0.25) is 5.02 Å². The molecule has 1 aromatic carbocycles. The number of nitro groups is 1. The molecule has 1 aliphatic rings. The first kappa shape index (κ1) is 13.1. The van der Waals surface area contributed by atoms with Crippen LogP contribution in [0.5, 0.6) is 0 Å². The number of benzene rings is 1. The molecule has 0 bridgehead atoms. The van der Waals surface area contributed by atoms with Crippen LogP contribution in [-0.2, 0) is 0 Å². The number of hydrogen-bond donors (Lipinski definition) is 1. The molecule has 0 unspecified atom stereocenters. The van der Waals surface area contributed by atoms with Crippen LogP contribution in [0.25, 0.3) is 0 Å². The third-order valence-corrected chi connectivity index (χ3v) is 3.40. The Morgan fingerprint density at radius 3 is 2.78 bits per heavy atom. The summed E-state index contributed by atoms with van der Waals surface area (Å²) in [6.07, 6.45) is 1.60. The Hall–Kier alpha value is -1.33. The van der Waals surface area contributed by atoms with E-state index in [1.807, 2.05) is 6.92 Å². The summed E-state index contributed by atoms with van der Waals surface area (Å²) in [6.45, 7) is 2.84. The molecule has 1 fully saturated rings. The fourth-order valence-electron chi connectivity index (χ4n) is 2.36. The predicted octanol–water partition coefficient (Wildman–Crippen LogP) is 2.60. The van der Waals surface area contributed by atoms with Gasteiger partial charge in [-0.2, -0.15) is 0 Å². The van der Waals surface area contributed by atoms with Gasteiger partial charge in [0.25, 0.3) is 5.69 Å². The van der Waals surface area contributed by atoms with Crippen LogP contribution in [0, 0.1) is 10.1 Å². The van der Waals surface area contributed by atoms with Gasteiger partial charge in [-0.05, 0) is 18.6 Å². The monoisotopic (exact) mass is 270 g/mol. The van der Waals surface area contributed by atoms with Crippen molar-refractivity contribution in [3.05, 3.63) is 33.3 Å². The van der Waals surface area contributed by atoms with Crippen LogP contribution in [0.3, 0.4) is 0 Å². The minimum atomic E-state index is -0.717. The van der Waals surface area contributed by atoms with Gasteiger partial charge in [0, 0.05) is 24.2 Å². The van der Waals surface area contributed by atoms with E-state index in [0.29, 0.717) is 30.2 Å². The van der Waals surface area contributed by atoms with Gasteiger partial charge in [-0.3, -0.25) is 10.1 Å². The summed E-state index contributed by atoms with van der Waals surface area (Å²) in [7, 11) is 0. The highest BCUT2D eigenvalue weighted by atomic mass is 35.5. The van der Waals surface area contributed by atoms with Crippen molar-refractivity contribution in [1.82, 2.24) is 0 Å². The summed E-state index contributed by atoms with van der Waals surface area (Å²) in [6, 6.07) is 4.47. The highest BCUT2D eigenvalue weighted by Gasteiger charge is 2.42. The van der Waals surface area contributed by atoms with Crippen molar-refractivity contribution >= 4 is 23.0 Å². The molecule has 1 heterocycles. The van der Waals surface area contributed by atoms with Crippen LogP contribution < -0.4 is 4.90 Å². The first-order valence-corrected chi connectivity index (χ1v) is 6.24. The van der Waals surface area contributed by atoms with E-state index in [-0.39, 0.29) is 5.69 Å². The molecule has 0 spiro atoms. The number of halogens is 1. The molecule has 6 heteroatoms. The van der Waals surface area contributed by atoms with E-state index >= 15 is 0 Å². The van der Waals surface area contributed by atoms with Gasteiger partial charge in [-0.15, -0.1) is 0 Å². The van der Waals surface area contributed by atoms with Gasteiger partial charge in [0.1, 0.15) is 5.69 Å². The van der Waals surface area contributed by atoms with Gasteiger partial charge in [-0.25, -0.2) is 0 Å². The van der Waals surface area contributed by atoms with Crippen LogP contribution >= 0.6 is 11.6 Å². The average Bonchev–Trinajstić information content (AvgIpc) is 2.25. The van der Waals surface area contributed by atoms with Crippen molar-refractivity contribution in [1.29, 1.82) is 0 Å². The highest BCUT2D eigenvalue weighted by molar-refractivity contribution is 6.31. The van der Waals surface area contributed by atoms with E-state index in [1.54, 1.807) is 11.0 Å². The lowest BCUT2D eigenvalue weighted by Gasteiger charge is -2.47. The molecule has 2 rings (SSSR count). The molecule has 1 aromatic rings. The van der Waals surface area contributed by atoms with Crippen molar-refractivity contribution in [2.75, 3.05) is 18.0 Å². The van der Waals surface area contributed by atoms with Gasteiger partial charge in [0.2, 0.25) is 0 Å². The molecule has 1 saturated heterocycles. The normalized spacial score (nSPS) is 17.4. The van der Waals surface area contributed by atoms with Gasteiger partial charge in [0.05, 0.1) is 10.5 Å². The summed E-state index contributed by atoms with van der Waals surface area (Å²) >= 11 is 5.87. The molecule has 5 nitrogen and oxygen atoms in total. The largest absolute Gasteiger partial charge is 0.386 e. The quantitative estimate of drug-likeness (QED) is 0.675. The third kappa shape index (κ3) is 2.42. The molecular formula is C12H15ClN2O3. The van der Waals surface area contributed by atoms with Crippen molar-refractivity contribution in [2.45, 2.75) is 25.4 Å². The second-order valence-corrected chi connectivity index (χ2v) is 5.16. The van der Waals surface area contributed by atoms with Gasteiger partial charge in [-0.1, -0.05) is 24.9 Å². The predicted molar refractivity (Wildman–Crippen MR) is 70.2 cm³/mol. The van der Waals surface area contributed by atoms with Crippen LogP contribution in [-0.4, -0.2) is 28.7 Å². The summed E-state index contributed by atoms with van der Waals surface area (Å²) in [5, 5.41) is 21.5. The second kappa shape index (κ2) is 4.74. The van der Waals surface area contributed by atoms with E-state index in [1.165, 1.54) is 12.1 Å². The lowest BCUT2D eigenvalue weighted by molar-refractivity contribution is -0.384. The topological polar surface area (TPSA) is 66.6 Å². The van der Waals surface area contributed by atoms with E-state index in [0.717, 1.165) is 6.42 Å². The Bertz CT molecular complexity index is 472. The number of anilines is 1. The maximum atomic E-state index is 10.9.